The van der Waals surface area contributed by atoms with Crippen LogP contribution in [0.2, 0.25) is 0 Å². The number of aryl methyl sites for hydroxylation is 3. The molecule has 0 saturated heterocycles. The summed E-state index contributed by atoms with van der Waals surface area (Å²) < 4.78 is 1.84. The molecular weight excluding hydrogens is 226 g/mol. The van der Waals surface area contributed by atoms with Crippen molar-refractivity contribution < 1.29 is 0 Å². The van der Waals surface area contributed by atoms with E-state index >= 15 is 0 Å². The molecule has 1 N–H and O–H groups in total. The maximum atomic E-state index is 4.37. The molecule has 0 aliphatic carbocycles. The molecule has 5 heteroatoms. The van der Waals surface area contributed by atoms with Crippen LogP contribution in [0.1, 0.15) is 35.6 Å². The van der Waals surface area contributed by atoms with Crippen molar-refractivity contribution in [3.05, 3.63) is 41.2 Å². The predicted molar refractivity (Wildman–Crippen MR) is 70.0 cm³/mol. The molecule has 0 fully saturated rings. The maximum Gasteiger partial charge on any atom is 0.0782 e. The van der Waals surface area contributed by atoms with Gasteiger partial charge in [-0.05, 0) is 20.8 Å². The predicted octanol–water partition coefficient (Wildman–Crippen LogP) is 1.68. The van der Waals surface area contributed by atoms with E-state index in [0.717, 1.165) is 23.6 Å². The molecule has 0 saturated carbocycles. The number of hydrogen-bond donors (Lipinski definition) is 1. The Balaban J connectivity index is 2.03. The van der Waals surface area contributed by atoms with E-state index < -0.39 is 0 Å². The summed E-state index contributed by atoms with van der Waals surface area (Å²) in [6.45, 7) is 6.89. The first kappa shape index (κ1) is 12.7. The molecular formula is C13H19N5. The molecule has 2 aromatic heterocycles. The fraction of sp³-hybridized carbons (Fsp3) is 0.462. The topological polar surface area (TPSA) is 55.6 Å². The van der Waals surface area contributed by atoms with Gasteiger partial charge in [0.15, 0.2) is 0 Å². The molecule has 0 aliphatic heterocycles. The van der Waals surface area contributed by atoms with E-state index in [1.165, 1.54) is 5.56 Å². The monoisotopic (exact) mass is 245 g/mol. The SMILES string of the molecule is Cc1nn(C)cc1CNC(C)c1nccnc1C. The minimum atomic E-state index is 0.179. The van der Waals surface area contributed by atoms with Crippen LogP contribution < -0.4 is 5.32 Å². The summed E-state index contributed by atoms with van der Waals surface area (Å²) in [5, 5.41) is 7.78. The van der Waals surface area contributed by atoms with Gasteiger partial charge in [0.05, 0.1) is 17.1 Å². The molecule has 2 rings (SSSR count). The zero-order valence-corrected chi connectivity index (χ0v) is 11.3. The Labute approximate surface area is 107 Å². The Kier molecular flexibility index (Phi) is 3.72. The highest BCUT2D eigenvalue weighted by atomic mass is 15.3. The van der Waals surface area contributed by atoms with Crippen LogP contribution in [-0.2, 0) is 13.6 Å². The van der Waals surface area contributed by atoms with E-state index in [4.69, 9.17) is 0 Å². The molecule has 2 aromatic rings. The number of aromatic nitrogens is 4. The average Bonchev–Trinajstić information content (AvgIpc) is 2.65. The highest BCUT2D eigenvalue weighted by Gasteiger charge is 2.11. The molecule has 96 valence electrons. The zero-order chi connectivity index (χ0) is 13.1. The van der Waals surface area contributed by atoms with Crippen molar-refractivity contribution in [2.24, 2.45) is 7.05 Å². The van der Waals surface area contributed by atoms with Crippen LogP contribution in [0.3, 0.4) is 0 Å². The minimum absolute atomic E-state index is 0.179. The van der Waals surface area contributed by atoms with Gasteiger partial charge in [-0.3, -0.25) is 14.6 Å². The molecule has 2 heterocycles. The second-order valence-electron chi connectivity index (χ2n) is 4.54. The van der Waals surface area contributed by atoms with Crippen molar-refractivity contribution in [1.29, 1.82) is 0 Å². The molecule has 0 bridgehead atoms. The highest BCUT2D eigenvalue weighted by Crippen LogP contribution is 2.13. The van der Waals surface area contributed by atoms with Crippen LogP contribution in [0.4, 0.5) is 0 Å². The first-order chi connectivity index (χ1) is 8.58. The number of hydrogen-bond acceptors (Lipinski definition) is 4. The Morgan fingerprint density at radius 2 is 1.94 bits per heavy atom. The summed E-state index contributed by atoms with van der Waals surface area (Å²) >= 11 is 0. The lowest BCUT2D eigenvalue weighted by atomic mass is 10.1. The van der Waals surface area contributed by atoms with Crippen molar-refractivity contribution in [1.82, 2.24) is 25.1 Å². The largest absolute Gasteiger partial charge is 0.305 e. The average molecular weight is 245 g/mol. The molecule has 0 radical (unpaired) electrons. The Hall–Kier alpha value is -1.75. The fourth-order valence-corrected chi connectivity index (χ4v) is 2.03. The fourth-order valence-electron chi connectivity index (χ4n) is 2.03. The summed E-state index contributed by atoms with van der Waals surface area (Å²) in [6, 6.07) is 0.179. The second kappa shape index (κ2) is 5.27. The molecule has 0 aromatic carbocycles. The third kappa shape index (κ3) is 2.73. The zero-order valence-electron chi connectivity index (χ0n) is 11.3. The lowest BCUT2D eigenvalue weighted by molar-refractivity contribution is 0.554. The van der Waals surface area contributed by atoms with Crippen molar-refractivity contribution in [2.75, 3.05) is 0 Å². The third-order valence-electron chi connectivity index (χ3n) is 3.04. The van der Waals surface area contributed by atoms with Crippen LogP contribution in [-0.4, -0.2) is 19.7 Å². The van der Waals surface area contributed by atoms with Gasteiger partial charge < -0.3 is 5.32 Å². The summed E-state index contributed by atoms with van der Waals surface area (Å²) in [5.41, 5.74) is 4.25. The second-order valence-corrected chi connectivity index (χ2v) is 4.54. The third-order valence-corrected chi connectivity index (χ3v) is 3.04. The molecule has 1 atom stereocenters. The summed E-state index contributed by atoms with van der Waals surface area (Å²) in [7, 11) is 1.94. The van der Waals surface area contributed by atoms with Gasteiger partial charge in [0, 0.05) is 43.8 Å². The first-order valence-electron chi connectivity index (χ1n) is 6.08. The van der Waals surface area contributed by atoms with Gasteiger partial charge in [0.1, 0.15) is 0 Å². The van der Waals surface area contributed by atoms with E-state index in [0.29, 0.717) is 0 Å². The van der Waals surface area contributed by atoms with Crippen LogP contribution >= 0.6 is 0 Å². The van der Waals surface area contributed by atoms with E-state index in [1.807, 2.05) is 31.8 Å². The van der Waals surface area contributed by atoms with Crippen LogP contribution in [0.15, 0.2) is 18.6 Å². The smallest absolute Gasteiger partial charge is 0.0782 e. The number of nitrogens with one attached hydrogen (secondary N) is 1. The highest BCUT2D eigenvalue weighted by molar-refractivity contribution is 5.17. The van der Waals surface area contributed by atoms with E-state index in [1.54, 1.807) is 12.4 Å². The summed E-state index contributed by atoms with van der Waals surface area (Å²) in [4.78, 5) is 8.63. The van der Waals surface area contributed by atoms with Gasteiger partial charge in [0.2, 0.25) is 0 Å². The van der Waals surface area contributed by atoms with Gasteiger partial charge in [-0.2, -0.15) is 5.10 Å². The van der Waals surface area contributed by atoms with Crippen LogP contribution in [0, 0.1) is 13.8 Å². The van der Waals surface area contributed by atoms with Crippen molar-refractivity contribution in [3.8, 4) is 0 Å². The Morgan fingerprint density at radius 3 is 2.56 bits per heavy atom. The number of nitrogens with zero attached hydrogens (tertiary/aromatic N) is 4. The molecule has 5 nitrogen and oxygen atoms in total. The minimum Gasteiger partial charge on any atom is -0.305 e. The van der Waals surface area contributed by atoms with Gasteiger partial charge in [-0.1, -0.05) is 0 Å². The number of rotatable bonds is 4. The summed E-state index contributed by atoms with van der Waals surface area (Å²) in [5.74, 6) is 0. The van der Waals surface area contributed by atoms with Gasteiger partial charge in [-0.15, -0.1) is 0 Å². The van der Waals surface area contributed by atoms with E-state index in [-0.39, 0.29) is 6.04 Å². The van der Waals surface area contributed by atoms with Gasteiger partial charge >= 0.3 is 0 Å². The molecule has 0 aliphatic rings. The molecule has 0 spiro atoms. The summed E-state index contributed by atoms with van der Waals surface area (Å²) in [6.07, 6.45) is 5.49. The van der Waals surface area contributed by atoms with Crippen molar-refractivity contribution in [3.63, 3.8) is 0 Å². The lowest BCUT2D eigenvalue weighted by Crippen LogP contribution is -2.20. The quantitative estimate of drug-likeness (QED) is 0.890. The molecule has 0 amide bonds. The first-order valence-corrected chi connectivity index (χ1v) is 6.08. The van der Waals surface area contributed by atoms with Crippen LogP contribution in [0.5, 0.6) is 0 Å². The normalized spacial score (nSPS) is 12.7. The molecule has 18 heavy (non-hydrogen) atoms. The molecule has 1 unspecified atom stereocenters. The Bertz CT molecular complexity index is 532. The lowest BCUT2D eigenvalue weighted by Gasteiger charge is -2.14. The standard InChI is InChI=1S/C13H19N5/c1-9-12(8-18(4)17-9)7-16-11(3)13-10(2)14-5-6-15-13/h5-6,8,11,16H,7H2,1-4H3. The van der Waals surface area contributed by atoms with Crippen molar-refractivity contribution in [2.45, 2.75) is 33.4 Å². The maximum absolute atomic E-state index is 4.37. The van der Waals surface area contributed by atoms with Crippen LogP contribution in [0.25, 0.3) is 0 Å². The van der Waals surface area contributed by atoms with Crippen molar-refractivity contribution >= 4 is 0 Å². The Morgan fingerprint density at radius 1 is 1.22 bits per heavy atom. The van der Waals surface area contributed by atoms with E-state index in [2.05, 4.69) is 27.3 Å². The van der Waals surface area contributed by atoms with E-state index in [9.17, 15) is 0 Å². The van der Waals surface area contributed by atoms with Gasteiger partial charge in [-0.25, -0.2) is 0 Å². The van der Waals surface area contributed by atoms with Gasteiger partial charge in [0.25, 0.3) is 0 Å².